The third kappa shape index (κ3) is 3.59. The molecule has 20 heavy (non-hydrogen) atoms. The largest absolute Gasteiger partial charge is 0.489 e. The molecular weight excluding hydrogens is 248 g/mol. The number of hydrogen-bond donors (Lipinski definition) is 1. The van der Waals surface area contributed by atoms with Crippen molar-refractivity contribution in [3.05, 3.63) is 65.2 Å². The molecule has 0 saturated heterocycles. The van der Waals surface area contributed by atoms with E-state index in [2.05, 4.69) is 6.07 Å². The molecule has 0 fully saturated rings. The number of para-hydroxylation sites is 1. The molecule has 102 valence electrons. The van der Waals surface area contributed by atoms with Gasteiger partial charge in [0.1, 0.15) is 12.4 Å². The van der Waals surface area contributed by atoms with Crippen LogP contribution >= 0.6 is 0 Å². The van der Waals surface area contributed by atoms with E-state index < -0.39 is 0 Å². The number of benzene rings is 2. The van der Waals surface area contributed by atoms with Crippen molar-refractivity contribution >= 4 is 0 Å². The number of nitrogens with zero attached hydrogens (tertiary/aromatic N) is 1. The maximum absolute atomic E-state index is 9.07. The number of hydrogen-bond acceptors (Lipinski definition) is 3. The van der Waals surface area contributed by atoms with Crippen LogP contribution in [0, 0.1) is 11.3 Å². The van der Waals surface area contributed by atoms with Crippen LogP contribution < -0.4 is 10.5 Å². The molecule has 0 saturated carbocycles. The summed E-state index contributed by atoms with van der Waals surface area (Å²) in [6.07, 6.45) is 0.774. The summed E-state index contributed by atoms with van der Waals surface area (Å²) in [5.74, 6) is 0.831. The van der Waals surface area contributed by atoms with E-state index in [9.17, 15) is 0 Å². The molecule has 3 nitrogen and oxygen atoms in total. The van der Waals surface area contributed by atoms with Gasteiger partial charge in [-0.25, -0.2) is 0 Å². The Labute approximate surface area is 119 Å². The second-order valence-electron chi connectivity index (χ2n) is 4.85. The summed E-state index contributed by atoms with van der Waals surface area (Å²) in [7, 11) is 0. The third-order valence-electron chi connectivity index (χ3n) is 3.04. The van der Waals surface area contributed by atoms with Crippen molar-refractivity contribution < 1.29 is 4.74 Å². The quantitative estimate of drug-likeness (QED) is 0.905. The Balaban J connectivity index is 2.13. The summed E-state index contributed by atoms with van der Waals surface area (Å²) in [6, 6.07) is 17.6. The van der Waals surface area contributed by atoms with Crippen LogP contribution in [0.1, 0.15) is 23.6 Å². The summed E-state index contributed by atoms with van der Waals surface area (Å²) in [6.45, 7) is 2.36. The Hall–Kier alpha value is -2.31. The smallest absolute Gasteiger partial charge is 0.123 e. The second kappa shape index (κ2) is 6.74. The van der Waals surface area contributed by atoms with Gasteiger partial charge in [-0.3, -0.25) is 0 Å². The van der Waals surface area contributed by atoms with Crippen molar-refractivity contribution in [2.75, 3.05) is 0 Å². The Morgan fingerprint density at radius 2 is 1.75 bits per heavy atom. The van der Waals surface area contributed by atoms with Crippen molar-refractivity contribution in [1.82, 2.24) is 0 Å². The van der Waals surface area contributed by atoms with Crippen molar-refractivity contribution in [1.29, 1.82) is 5.26 Å². The average Bonchev–Trinajstić information content (AvgIpc) is 2.46. The fourth-order valence-corrected chi connectivity index (χ4v) is 2.07. The molecule has 3 heteroatoms. The molecule has 0 aromatic heterocycles. The van der Waals surface area contributed by atoms with Crippen molar-refractivity contribution in [3.8, 4) is 11.8 Å². The van der Waals surface area contributed by atoms with Gasteiger partial charge in [-0.2, -0.15) is 5.26 Å². The van der Waals surface area contributed by atoms with Gasteiger partial charge in [-0.15, -0.1) is 0 Å². The van der Waals surface area contributed by atoms with Crippen molar-refractivity contribution in [3.63, 3.8) is 0 Å². The summed E-state index contributed by atoms with van der Waals surface area (Å²) in [4.78, 5) is 0. The van der Waals surface area contributed by atoms with E-state index >= 15 is 0 Å². The minimum atomic E-state index is 0.0890. The number of rotatable bonds is 5. The maximum Gasteiger partial charge on any atom is 0.123 e. The Morgan fingerprint density at radius 3 is 2.45 bits per heavy atom. The SMILES string of the molecule is CC(N)Cc1ccccc1OCc1ccccc1C#N. The van der Waals surface area contributed by atoms with Crippen molar-refractivity contribution in [2.45, 2.75) is 26.0 Å². The van der Waals surface area contributed by atoms with E-state index in [1.807, 2.05) is 49.4 Å². The lowest BCUT2D eigenvalue weighted by molar-refractivity contribution is 0.302. The van der Waals surface area contributed by atoms with E-state index in [0.717, 1.165) is 23.3 Å². The van der Waals surface area contributed by atoms with Crippen molar-refractivity contribution in [2.24, 2.45) is 5.73 Å². The topological polar surface area (TPSA) is 59.0 Å². The van der Waals surface area contributed by atoms with E-state index in [4.69, 9.17) is 15.7 Å². The molecule has 0 aliphatic carbocycles. The van der Waals surface area contributed by atoms with Crippen LogP contribution in [0.25, 0.3) is 0 Å². The maximum atomic E-state index is 9.07. The van der Waals surface area contributed by atoms with Crippen LogP contribution in [0.15, 0.2) is 48.5 Å². The van der Waals surface area contributed by atoms with Crippen LogP contribution in [0.5, 0.6) is 5.75 Å². The molecular formula is C17H18N2O. The lowest BCUT2D eigenvalue weighted by atomic mass is 10.1. The molecule has 2 aromatic carbocycles. The molecule has 0 spiro atoms. The summed E-state index contributed by atoms with van der Waals surface area (Å²) in [5, 5.41) is 9.07. The van der Waals surface area contributed by atoms with E-state index in [0.29, 0.717) is 12.2 Å². The highest BCUT2D eigenvalue weighted by atomic mass is 16.5. The monoisotopic (exact) mass is 266 g/mol. The van der Waals surface area contributed by atoms with Gasteiger partial charge >= 0.3 is 0 Å². The summed E-state index contributed by atoms with van der Waals surface area (Å²) in [5.41, 5.74) is 8.49. The molecule has 2 rings (SSSR count). The Kier molecular flexibility index (Phi) is 4.75. The highest BCUT2D eigenvalue weighted by molar-refractivity contribution is 5.38. The number of ether oxygens (including phenoxy) is 1. The van der Waals surface area contributed by atoms with Gasteiger partial charge in [0.15, 0.2) is 0 Å². The minimum Gasteiger partial charge on any atom is -0.489 e. The predicted octanol–water partition coefficient (Wildman–Crippen LogP) is 3.03. The van der Waals surface area contributed by atoms with Crippen LogP contribution in [-0.2, 0) is 13.0 Å². The lowest BCUT2D eigenvalue weighted by Crippen LogP contribution is -2.18. The first kappa shape index (κ1) is 14.1. The van der Waals surface area contributed by atoms with Crippen LogP contribution in [-0.4, -0.2) is 6.04 Å². The normalized spacial score (nSPS) is 11.7. The fourth-order valence-electron chi connectivity index (χ4n) is 2.07. The zero-order valence-corrected chi connectivity index (χ0v) is 11.5. The van der Waals surface area contributed by atoms with Crippen LogP contribution in [0.3, 0.4) is 0 Å². The molecule has 0 radical (unpaired) electrons. The highest BCUT2D eigenvalue weighted by Crippen LogP contribution is 2.21. The van der Waals surface area contributed by atoms with Gasteiger partial charge in [0.2, 0.25) is 0 Å². The molecule has 1 unspecified atom stereocenters. The van der Waals surface area contributed by atoms with Crippen LogP contribution in [0.2, 0.25) is 0 Å². The molecule has 0 heterocycles. The Bertz CT molecular complexity index is 614. The average molecular weight is 266 g/mol. The fraction of sp³-hybridized carbons (Fsp3) is 0.235. The first-order valence-corrected chi connectivity index (χ1v) is 6.65. The van der Waals surface area contributed by atoms with Crippen LogP contribution in [0.4, 0.5) is 0 Å². The predicted molar refractivity (Wildman–Crippen MR) is 79.3 cm³/mol. The number of nitriles is 1. The van der Waals surface area contributed by atoms with Gasteiger partial charge in [-0.05, 0) is 31.0 Å². The minimum absolute atomic E-state index is 0.0890. The van der Waals surface area contributed by atoms with Gasteiger partial charge in [0.05, 0.1) is 11.6 Å². The molecule has 0 aliphatic heterocycles. The third-order valence-corrected chi connectivity index (χ3v) is 3.04. The molecule has 1 atom stereocenters. The van der Waals surface area contributed by atoms with Gasteiger partial charge in [-0.1, -0.05) is 36.4 Å². The molecule has 0 aliphatic rings. The van der Waals surface area contributed by atoms with Gasteiger partial charge in [0.25, 0.3) is 0 Å². The van der Waals surface area contributed by atoms with Gasteiger partial charge < -0.3 is 10.5 Å². The lowest BCUT2D eigenvalue weighted by Gasteiger charge is -2.13. The van der Waals surface area contributed by atoms with E-state index in [1.54, 1.807) is 6.07 Å². The zero-order valence-electron chi connectivity index (χ0n) is 11.5. The molecule has 0 bridgehead atoms. The molecule has 0 amide bonds. The van der Waals surface area contributed by atoms with E-state index in [1.165, 1.54) is 0 Å². The zero-order chi connectivity index (χ0) is 14.4. The second-order valence-corrected chi connectivity index (χ2v) is 4.85. The molecule has 2 N–H and O–H groups in total. The molecule has 2 aromatic rings. The standard InChI is InChI=1S/C17H18N2O/c1-13(19)10-14-6-4-5-9-17(14)20-12-16-8-3-2-7-15(16)11-18/h2-9,13H,10,12,19H2,1H3. The van der Waals surface area contributed by atoms with Gasteiger partial charge in [0, 0.05) is 11.6 Å². The summed E-state index contributed by atoms with van der Waals surface area (Å²) < 4.78 is 5.86. The Morgan fingerprint density at radius 1 is 1.10 bits per heavy atom. The first-order chi connectivity index (χ1) is 9.70. The van der Waals surface area contributed by atoms with E-state index in [-0.39, 0.29) is 6.04 Å². The number of nitrogens with two attached hydrogens (primary N) is 1. The first-order valence-electron chi connectivity index (χ1n) is 6.65. The summed E-state index contributed by atoms with van der Waals surface area (Å²) >= 11 is 0. The highest BCUT2D eigenvalue weighted by Gasteiger charge is 2.07.